The molecule has 2 heteroatoms. The summed E-state index contributed by atoms with van der Waals surface area (Å²) in [5.41, 5.74) is 1.24. The van der Waals surface area contributed by atoms with Crippen LogP contribution >= 0.6 is 0 Å². The lowest BCUT2D eigenvalue weighted by atomic mass is 10.1. The smallest absolute Gasteiger partial charge is 0.0896 e. The van der Waals surface area contributed by atoms with Crippen LogP contribution < -0.4 is 0 Å². The number of hydrogen-bond donors (Lipinski definition) is 0. The van der Waals surface area contributed by atoms with Crippen LogP contribution in [0.25, 0.3) is 10.8 Å². The van der Waals surface area contributed by atoms with Crippen LogP contribution in [0.1, 0.15) is 76.7 Å². The molecule has 0 N–H and O–H groups in total. The number of hydrogen-bond acceptors (Lipinski definition) is 2. The van der Waals surface area contributed by atoms with Crippen molar-refractivity contribution in [3.63, 3.8) is 0 Å². The molecule has 0 aromatic heterocycles. The maximum Gasteiger partial charge on any atom is 0.0896 e. The SMILES string of the molecule is CCCCCCCCCCCCN=C=NCc1cccc2ccccc12. The van der Waals surface area contributed by atoms with Gasteiger partial charge in [-0.25, -0.2) is 9.98 Å². The van der Waals surface area contributed by atoms with E-state index in [1.807, 2.05) is 0 Å². The van der Waals surface area contributed by atoms with Crippen LogP contribution in [0.4, 0.5) is 0 Å². The summed E-state index contributed by atoms with van der Waals surface area (Å²) in [4.78, 5) is 8.68. The van der Waals surface area contributed by atoms with Crippen molar-refractivity contribution in [1.82, 2.24) is 0 Å². The van der Waals surface area contributed by atoms with Gasteiger partial charge in [0.25, 0.3) is 0 Å². The average molecular weight is 351 g/mol. The molecular weight excluding hydrogens is 316 g/mol. The fourth-order valence-electron chi connectivity index (χ4n) is 3.33. The summed E-state index contributed by atoms with van der Waals surface area (Å²) in [7, 11) is 0. The number of benzene rings is 2. The maximum absolute atomic E-state index is 4.36. The molecule has 0 aliphatic heterocycles. The Bertz CT molecular complexity index is 678. The zero-order chi connectivity index (χ0) is 18.3. The van der Waals surface area contributed by atoms with E-state index in [9.17, 15) is 0 Å². The first-order valence-corrected chi connectivity index (χ1v) is 10.5. The fraction of sp³-hybridized carbons (Fsp3) is 0.542. The van der Waals surface area contributed by atoms with Gasteiger partial charge in [-0.15, -0.1) is 0 Å². The van der Waals surface area contributed by atoms with Crippen molar-refractivity contribution < 1.29 is 0 Å². The quantitative estimate of drug-likeness (QED) is 0.265. The van der Waals surface area contributed by atoms with E-state index >= 15 is 0 Å². The number of fused-ring (bicyclic) bond motifs is 1. The van der Waals surface area contributed by atoms with E-state index in [-0.39, 0.29) is 0 Å². The summed E-state index contributed by atoms with van der Waals surface area (Å²) >= 11 is 0. The predicted octanol–water partition coefficient (Wildman–Crippen LogP) is 7.43. The van der Waals surface area contributed by atoms with Crippen molar-refractivity contribution >= 4 is 16.8 Å². The van der Waals surface area contributed by atoms with Gasteiger partial charge in [0.1, 0.15) is 0 Å². The second-order valence-corrected chi connectivity index (χ2v) is 7.12. The van der Waals surface area contributed by atoms with Crippen LogP contribution in [0.5, 0.6) is 0 Å². The van der Waals surface area contributed by atoms with Gasteiger partial charge in [0.05, 0.1) is 12.6 Å². The van der Waals surface area contributed by atoms with Crippen LogP contribution in [0.2, 0.25) is 0 Å². The third kappa shape index (κ3) is 7.97. The van der Waals surface area contributed by atoms with Gasteiger partial charge in [0.15, 0.2) is 0 Å². The number of unbranched alkanes of at least 4 members (excludes halogenated alkanes) is 9. The van der Waals surface area contributed by atoms with E-state index in [1.165, 1.54) is 74.1 Å². The molecular formula is C24H34N2. The second-order valence-electron chi connectivity index (χ2n) is 7.12. The summed E-state index contributed by atoms with van der Waals surface area (Å²) in [6, 6.07) is 17.7. The van der Waals surface area contributed by atoms with E-state index in [0.717, 1.165) is 13.0 Å². The van der Waals surface area contributed by atoms with Gasteiger partial charge in [0, 0.05) is 6.54 Å². The normalized spacial score (nSPS) is 10.7. The Kier molecular flexibility index (Phi) is 10.4. The lowest BCUT2D eigenvalue weighted by Gasteiger charge is -2.02. The first-order chi connectivity index (χ1) is 12.9. The van der Waals surface area contributed by atoms with Crippen LogP contribution in [0.3, 0.4) is 0 Å². The lowest BCUT2D eigenvalue weighted by molar-refractivity contribution is 0.558. The Morgan fingerprint density at radius 1 is 0.692 bits per heavy atom. The van der Waals surface area contributed by atoms with Crippen LogP contribution in [-0.4, -0.2) is 12.6 Å². The lowest BCUT2D eigenvalue weighted by Crippen LogP contribution is -1.85. The van der Waals surface area contributed by atoms with Crippen molar-refractivity contribution in [2.45, 2.75) is 77.7 Å². The molecule has 2 aromatic rings. The molecule has 2 rings (SSSR count). The summed E-state index contributed by atoms with van der Waals surface area (Å²) in [6.45, 7) is 3.79. The first kappa shape index (κ1) is 20.4. The summed E-state index contributed by atoms with van der Waals surface area (Å²) < 4.78 is 0. The minimum Gasteiger partial charge on any atom is -0.226 e. The molecule has 0 aliphatic rings. The number of aliphatic imine (C=N–C) groups is 2. The highest BCUT2D eigenvalue weighted by Gasteiger charge is 1.98. The summed E-state index contributed by atoms with van der Waals surface area (Å²) in [5, 5.41) is 2.54. The minimum atomic E-state index is 0.656. The van der Waals surface area contributed by atoms with Crippen molar-refractivity contribution in [3.05, 3.63) is 48.0 Å². The molecule has 0 saturated heterocycles. The molecule has 0 aliphatic carbocycles. The predicted molar refractivity (Wildman–Crippen MR) is 114 cm³/mol. The highest BCUT2D eigenvalue weighted by Crippen LogP contribution is 2.18. The Hall–Kier alpha value is -1.92. The van der Waals surface area contributed by atoms with Crippen molar-refractivity contribution in [2.24, 2.45) is 9.98 Å². The van der Waals surface area contributed by atoms with Crippen molar-refractivity contribution in [2.75, 3.05) is 6.54 Å². The molecule has 0 heterocycles. The number of nitrogens with zero attached hydrogens (tertiary/aromatic N) is 2. The Morgan fingerprint density at radius 2 is 1.35 bits per heavy atom. The zero-order valence-corrected chi connectivity index (χ0v) is 16.4. The first-order valence-electron chi connectivity index (χ1n) is 10.5. The number of rotatable bonds is 13. The van der Waals surface area contributed by atoms with Gasteiger partial charge in [-0.3, -0.25) is 0 Å². The standard InChI is InChI=1S/C24H34N2/c1-2-3-4-5-6-7-8-9-10-13-19-25-21-26-20-23-17-14-16-22-15-11-12-18-24(22)23/h11-12,14-18H,2-10,13,19-20H2,1H3. The van der Waals surface area contributed by atoms with Gasteiger partial charge in [0.2, 0.25) is 0 Å². The van der Waals surface area contributed by atoms with Gasteiger partial charge in [-0.1, -0.05) is 107 Å². The summed E-state index contributed by atoms with van der Waals surface area (Å²) in [6.07, 6.45) is 13.6. The highest BCUT2D eigenvalue weighted by molar-refractivity contribution is 5.85. The van der Waals surface area contributed by atoms with Gasteiger partial charge in [-0.05, 0) is 22.8 Å². The monoisotopic (exact) mass is 350 g/mol. The molecule has 2 aromatic carbocycles. The topological polar surface area (TPSA) is 24.7 Å². The van der Waals surface area contributed by atoms with Crippen LogP contribution in [-0.2, 0) is 6.54 Å². The molecule has 2 nitrogen and oxygen atoms in total. The molecule has 0 unspecified atom stereocenters. The molecule has 0 fully saturated rings. The third-order valence-electron chi connectivity index (χ3n) is 4.89. The van der Waals surface area contributed by atoms with Crippen molar-refractivity contribution in [3.8, 4) is 0 Å². The molecule has 0 amide bonds. The van der Waals surface area contributed by atoms with Crippen molar-refractivity contribution in [1.29, 1.82) is 0 Å². The van der Waals surface area contributed by atoms with Crippen LogP contribution in [0, 0.1) is 0 Å². The van der Waals surface area contributed by atoms with Gasteiger partial charge in [-0.2, -0.15) is 0 Å². The Labute approximate surface area is 159 Å². The highest BCUT2D eigenvalue weighted by atomic mass is 14.8. The van der Waals surface area contributed by atoms with Gasteiger partial charge < -0.3 is 0 Å². The average Bonchev–Trinajstić information content (AvgIpc) is 2.68. The van der Waals surface area contributed by atoms with E-state index in [1.54, 1.807) is 0 Å². The zero-order valence-electron chi connectivity index (χ0n) is 16.4. The molecule has 0 spiro atoms. The molecule has 26 heavy (non-hydrogen) atoms. The van der Waals surface area contributed by atoms with E-state index in [4.69, 9.17) is 0 Å². The van der Waals surface area contributed by atoms with Gasteiger partial charge >= 0.3 is 0 Å². The van der Waals surface area contributed by atoms with E-state index < -0.39 is 0 Å². The van der Waals surface area contributed by atoms with E-state index in [0.29, 0.717) is 6.54 Å². The minimum absolute atomic E-state index is 0.656. The largest absolute Gasteiger partial charge is 0.226 e. The molecule has 0 saturated carbocycles. The Balaban J connectivity index is 1.55. The second kappa shape index (κ2) is 13.3. The third-order valence-corrected chi connectivity index (χ3v) is 4.89. The maximum atomic E-state index is 4.36. The molecule has 0 bridgehead atoms. The summed E-state index contributed by atoms with van der Waals surface area (Å²) in [5.74, 6) is 0. The molecule has 0 radical (unpaired) electrons. The molecule has 140 valence electrons. The van der Waals surface area contributed by atoms with E-state index in [2.05, 4.69) is 65.4 Å². The Morgan fingerprint density at radius 3 is 2.12 bits per heavy atom. The van der Waals surface area contributed by atoms with Crippen LogP contribution in [0.15, 0.2) is 52.4 Å². The molecule has 0 atom stereocenters. The fourth-order valence-corrected chi connectivity index (χ4v) is 3.33.